The summed E-state index contributed by atoms with van der Waals surface area (Å²) in [6, 6.07) is 0. The van der Waals surface area contributed by atoms with Crippen molar-refractivity contribution in [2.24, 2.45) is 0 Å². The molecule has 15 heavy (non-hydrogen) atoms. The summed E-state index contributed by atoms with van der Waals surface area (Å²) in [6.45, 7) is 0. The monoisotopic (exact) mass is 304 g/mol. The van der Waals surface area contributed by atoms with E-state index in [1.54, 1.807) is 0 Å². The topological polar surface area (TPSA) is 0 Å². The number of alkyl halides is 9. The van der Waals surface area contributed by atoms with Crippen molar-refractivity contribution in [1.29, 1.82) is 0 Å². The summed E-state index contributed by atoms with van der Waals surface area (Å²) >= 11 is 1.16. The fraction of sp³-hybridized carbons (Fsp3) is 0.667. The largest absolute Gasteiger partial charge is 0.367 e. The first-order valence-electron chi connectivity index (χ1n) is 3.28. The lowest BCUT2D eigenvalue weighted by atomic mass is 9.85. The van der Waals surface area contributed by atoms with Crippen molar-refractivity contribution in [2.75, 3.05) is 0 Å². The van der Waals surface area contributed by atoms with Crippen LogP contribution >= 0.6 is 15.9 Å². The van der Waals surface area contributed by atoms with Gasteiger partial charge in [-0.3, -0.25) is 0 Å². The molecule has 0 atom stereocenters. The van der Waals surface area contributed by atoms with Crippen molar-refractivity contribution in [1.82, 2.24) is 0 Å². The molecule has 0 unspecified atom stereocenters. The van der Waals surface area contributed by atoms with E-state index in [1.807, 2.05) is 0 Å². The van der Waals surface area contributed by atoms with Crippen LogP contribution in [0.4, 0.5) is 35.1 Å². The van der Waals surface area contributed by atoms with Crippen LogP contribution in [0, 0.1) is 0 Å². The van der Waals surface area contributed by atoms with Crippen molar-refractivity contribution < 1.29 is 35.1 Å². The Morgan fingerprint density at radius 1 is 1.00 bits per heavy atom. The molecule has 0 aliphatic heterocycles. The van der Waals surface area contributed by atoms with Crippen LogP contribution in [0.25, 0.3) is 0 Å². The third kappa shape index (κ3) is 1.55. The van der Waals surface area contributed by atoms with E-state index < -0.39 is 34.2 Å². The molecule has 0 N–H and O–H groups in total. The Morgan fingerprint density at radius 3 is 1.60 bits per heavy atom. The second kappa shape index (κ2) is 2.86. The molecule has 88 valence electrons. The van der Waals surface area contributed by atoms with Gasteiger partial charge in [-0.25, -0.2) is 0 Å². The minimum absolute atomic E-state index is 0.859. The predicted molar refractivity (Wildman–Crippen MR) is 36.8 cm³/mol. The van der Waals surface area contributed by atoms with Crippen molar-refractivity contribution in [3.8, 4) is 0 Å². The number of hydrogen-bond acceptors (Lipinski definition) is 0. The zero-order chi connectivity index (χ0) is 12.3. The van der Waals surface area contributed by atoms with E-state index >= 15 is 0 Å². The molecule has 0 amide bonds. The molecule has 0 spiro atoms. The number of halogens is 9. The molecule has 0 saturated heterocycles. The lowest BCUT2D eigenvalue weighted by Gasteiger charge is -2.39. The summed E-state index contributed by atoms with van der Waals surface area (Å²) in [6.07, 6.45) is -0.859. The van der Waals surface area contributed by atoms with Crippen molar-refractivity contribution in [2.45, 2.75) is 22.6 Å². The van der Waals surface area contributed by atoms with Gasteiger partial charge in [0.1, 0.15) is 0 Å². The van der Waals surface area contributed by atoms with Gasteiger partial charge < -0.3 is 0 Å². The Morgan fingerprint density at radius 2 is 1.40 bits per heavy atom. The number of hydrogen-bond donors (Lipinski definition) is 0. The molecule has 1 aliphatic rings. The van der Waals surface area contributed by atoms with Gasteiger partial charge >= 0.3 is 22.6 Å². The molecule has 0 bridgehead atoms. The van der Waals surface area contributed by atoms with E-state index in [9.17, 15) is 35.1 Å². The van der Waals surface area contributed by atoms with Crippen LogP contribution in [0.5, 0.6) is 0 Å². The van der Waals surface area contributed by atoms with Crippen molar-refractivity contribution in [3.63, 3.8) is 0 Å². The molecule has 9 heteroatoms. The van der Waals surface area contributed by atoms with Crippen molar-refractivity contribution >= 4 is 15.9 Å². The highest BCUT2D eigenvalue weighted by Gasteiger charge is 2.76. The highest BCUT2D eigenvalue weighted by atomic mass is 79.9. The lowest BCUT2D eigenvalue weighted by Crippen LogP contribution is -2.57. The first-order valence-corrected chi connectivity index (χ1v) is 4.07. The molecule has 0 aromatic carbocycles. The maximum absolute atomic E-state index is 12.5. The van der Waals surface area contributed by atoms with Gasteiger partial charge in [0, 0.05) is 6.08 Å². The average molecular weight is 305 g/mol. The Hall–Kier alpha value is -0.340. The first kappa shape index (κ1) is 12.7. The Labute approximate surface area is 86.1 Å². The van der Waals surface area contributed by atoms with E-state index in [0.29, 0.717) is 0 Å². The lowest BCUT2D eigenvalue weighted by molar-refractivity contribution is -0.225. The fourth-order valence-electron chi connectivity index (χ4n) is 0.905. The summed E-state index contributed by atoms with van der Waals surface area (Å²) in [5.41, 5.74) is -2.58. The second-order valence-electron chi connectivity index (χ2n) is 2.83. The third-order valence-electron chi connectivity index (χ3n) is 1.78. The summed E-state index contributed by atoms with van der Waals surface area (Å²) in [4.78, 5) is -5.01. The van der Waals surface area contributed by atoms with E-state index in [-0.39, 0.29) is 0 Å². The molecular weight excluding hydrogens is 304 g/mol. The van der Waals surface area contributed by atoms with Crippen LogP contribution in [0.15, 0.2) is 11.6 Å². The molecule has 0 aromatic rings. The summed E-state index contributed by atoms with van der Waals surface area (Å²) in [5.74, 6) is -15.4. The third-order valence-corrected chi connectivity index (χ3v) is 2.27. The molecule has 1 aliphatic carbocycles. The van der Waals surface area contributed by atoms with E-state index in [0.717, 1.165) is 15.9 Å². The normalized spacial score (nSPS) is 24.5. The maximum Gasteiger partial charge on any atom is 0.367 e. The SMILES string of the molecule is FC(F)(Br)C(F)(F)C1=CC(F)(F)C1(F)F. The molecule has 0 fully saturated rings. The summed E-state index contributed by atoms with van der Waals surface area (Å²) < 4.78 is 98.1. The van der Waals surface area contributed by atoms with Gasteiger partial charge in [0.25, 0.3) is 0 Å². The minimum atomic E-state index is -5.36. The molecule has 1 rings (SSSR count). The van der Waals surface area contributed by atoms with Crippen molar-refractivity contribution in [3.05, 3.63) is 11.6 Å². The zero-order valence-corrected chi connectivity index (χ0v) is 8.07. The van der Waals surface area contributed by atoms with Gasteiger partial charge in [-0.1, -0.05) is 0 Å². The Kier molecular flexibility index (Phi) is 2.43. The van der Waals surface area contributed by atoms with Gasteiger partial charge in [0.05, 0.1) is 5.57 Å². The molecule has 0 aromatic heterocycles. The van der Waals surface area contributed by atoms with E-state index in [4.69, 9.17) is 0 Å². The van der Waals surface area contributed by atoms with Gasteiger partial charge in [-0.15, -0.1) is 0 Å². The van der Waals surface area contributed by atoms with Crippen LogP contribution in [-0.4, -0.2) is 22.6 Å². The average Bonchev–Trinajstić information content (AvgIpc) is 1.98. The predicted octanol–water partition coefficient (Wildman–Crippen LogP) is 3.82. The second-order valence-corrected chi connectivity index (χ2v) is 3.82. The quantitative estimate of drug-likeness (QED) is 0.413. The van der Waals surface area contributed by atoms with E-state index in [2.05, 4.69) is 0 Å². The summed E-state index contributed by atoms with van der Waals surface area (Å²) in [5, 5.41) is 0. The van der Waals surface area contributed by atoms with E-state index in [1.165, 1.54) is 0 Å². The van der Waals surface area contributed by atoms with Crippen LogP contribution in [-0.2, 0) is 0 Å². The minimum Gasteiger partial charge on any atom is -0.195 e. The molecule has 0 nitrogen and oxygen atoms in total. The van der Waals surface area contributed by atoms with Gasteiger partial charge in [0.2, 0.25) is 0 Å². The zero-order valence-electron chi connectivity index (χ0n) is 6.48. The Bertz CT molecular complexity index is 312. The summed E-state index contributed by atoms with van der Waals surface area (Å²) in [7, 11) is 0. The first-order chi connectivity index (χ1) is 6.34. The highest BCUT2D eigenvalue weighted by Crippen LogP contribution is 2.59. The van der Waals surface area contributed by atoms with Gasteiger partial charge in [0.15, 0.2) is 0 Å². The standard InChI is InChI=1S/C6HBrF8/c7-6(14,15)5(12,13)2-1-3(8,9)4(2,10)11/h1H. The maximum atomic E-state index is 12.5. The highest BCUT2D eigenvalue weighted by molar-refractivity contribution is 9.10. The number of allylic oxidation sites excluding steroid dienone is 2. The molecule has 0 heterocycles. The molecule has 0 saturated carbocycles. The van der Waals surface area contributed by atoms with Crippen LogP contribution in [0.3, 0.4) is 0 Å². The van der Waals surface area contributed by atoms with Gasteiger partial charge in [-0.2, -0.15) is 35.1 Å². The smallest absolute Gasteiger partial charge is 0.195 e. The molecular formula is C6HBrF8. The fourth-order valence-corrected chi connectivity index (χ4v) is 1.12. The Balaban J connectivity index is 3.15. The van der Waals surface area contributed by atoms with Crippen LogP contribution in [0.1, 0.15) is 0 Å². The molecule has 0 radical (unpaired) electrons. The van der Waals surface area contributed by atoms with Crippen LogP contribution in [0.2, 0.25) is 0 Å². The van der Waals surface area contributed by atoms with Gasteiger partial charge in [-0.05, 0) is 15.9 Å². The number of rotatable bonds is 2. The van der Waals surface area contributed by atoms with Crippen LogP contribution < -0.4 is 0 Å².